The van der Waals surface area contributed by atoms with E-state index in [2.05, 4.69) is 0 Å². The Kier molecular flexibility index (Phi) is 6.98. The van der Waals surface area contributed by atoms with Gasteiger partial charge < -0.3 is 29.3 Å². The van der Waals surface area contributed by atoms with E-state index in [-0.39, 0.29) is 30.9 Å². The average Bonchev–Trinajstić information content (AvgIpc) is 3.22. The first kappa shape index (κ1) is 28.2. The van der Waals surface area contributed by atoms with Crippen LogP contribution in [0.1, 0.15) is 25.0 Å². The maximum atomic E-state index is 14.5. The third kappa shape index (κ3) is 4.17. The monoisotopic (exact) mass is 571 g/mol. The highest BCUT2D eigenvalue weighted by molar-refractivity contribution is 6.07. The summed E-state index contributed by atoms with van der Waals surface area (Å²) in [5.41, 5.74) is 0.882. The number of benzene rings is 2. The number of carbonyl (C=O) groups is 3. The smallest absolute Gasteiger partial charge is 0.253 e. The Morgan fingerprint density at radius 1 is 0.929 bits per heavy atom. The molecule has 0 aliphatic carbocycles. The van der Waals surface area contributed by atoms with Gasteiger partial charge in [0, 0.05) is 31.0 Å². The zero-order valence-electron chi connectivity index (χ0n) is 24.4. The lowest BCUT2D eigenvalue weighted by molar-refractivity contribution is -0.144. The predicted molar refractivity (Wildman–Crippen MR) is 158 cm³/mol. The molecule has 3 amide bonds. The second-order valence-corrected chi connectivity index (χ2v) is 11.7. The lowest BCUT2D eigenvalue weighted by atomic mass is 9.74. The Hall–Kier alpha value is -3.95. The van der Waals surface area contributed by atoms with E-state index in [1.54, 1.807) is 9.80 Å². The highest BCUT2D eigenvalue weighted by Gasteiger charge is 2.74. The summed E-state index contributed by atoms with van der Waals surface area (Å²) in [7, 11) is 0. The Bertz CT molecular complexity index is 1490. The van der Waals surface area contributed by atoms with Crippen LogP contribution in [0.2, 0.25) is 0 Å². The highest BCUT2D eigenvalue weighted by Crippen LogP contribution is 2.57. The minimum Gasteiger partial charge on any atom is -0.494 e. The standard InChI is InChI=1S/C33H37N3O6/c1-5-41-24-12-10-23(11-13-24)34-16-6-14-32(4)26(29(34)38)27-30(39)36(18-19-37)28-31(40)35(17-7-15-33(27,28)42-32)25-20-21(2)8-9-22(25)3/h6-15,20,26-28,37H,5,16-19H2,1-4H3/t26-,27-,28?,32+,33-/m0/s1. The van der Waals surface area contributed by atoms with Crippen LogP contribution in [0.3, 0.4) is 0 Å². The zero-order chi connectivity index (χ0) is 29.8. The Labute approximate surface area is 246 Å². The number of hydrogen-bond donors (Lipinski definition) is 1. The van der Waals surface area contributed by atoms with Gasteiger partial charge in [0.1, 0.15) is 17.4 Å². The molecule has 4 aliphatic rings. The van der Waals surface area contributed by atoms with E-state index in [9.17, 15) is 19.5 Å². The molecule has 2 saturated heterocycles. The second-order valence-electron chi connectivity index (χ2n) is 11.7. The van der Waals surface area contributed by atoms with Gasteiger partial charge in [0.2, 0.25) is 11.8 Å². The molecule has 1 N–H and O–H groups in total. The molecule has 4 aliphatic heterocycles. The van der Waals surface area contributed by atoms with Crippen LogP contribution in [0.25, 0.3) is 0 Å². The van der Waals surface area contributed by atoms with Crippen LogP contribution in [0.5, 0.6) is 5.75 Å². The van der Waals surface area contributed by atoms with Crippen molar-refractivity contribution in [2.75, 3.05) is 42.6 Å². The van der Waals surface area contributed by atoms with Crippen LogP contribution in [-0.4, -0.2) is 77.8 Å². The number of aryl methyl sites for hydroxylation is 2. The van der Waals surface area contributed by atoms with Crippen molar-refractivity contribution >= 4 is 29.1 Å². The van der Waals surface area contributed by atoms with Gasteiger partial charge in [-0.3, -0.25) is 14.4 Å². The number of carbonyl (C=O) groups excluding carboxylic acids is 3. The zero-order valence-corrected chi connectivity index (χ0v) is 24.4. The van der Waals surface area contributed by atoms with Crippen LogP contribution < -0.4 is 14.5 Å². The van der Waals surface area contributed by atoms with Crippen LogP contribution >= 0.6 is 0 Å². The fraction of sp³-hybridized carbons (Fsp3) is 0.424. The van der Waals surface area contributed by atoms with E-state index >= 15 is 0 Å². The van der Waals surface area contributed by atoms with Gasteiger partial charge in [0.15, 0.2) is 0 Å². The van der Waals surface area contributed by atoms with Gasteiger partial charge in [-0.2, -0.15) is 0 Å². The summed E-state index contributed by atoms with van der Waals surface area (Å²) in [6, 6.07) is 12.2. The van der Waals surface area contributed by atoms with Gasteiger partial charge >= 0.3 is 0 Å². The Morgan fingerprint density at radius 3 is 2.36 bits per heavy atom. The first-order valence-electron chi connectivity index (χ1n) is 14.5. The largest absolute Gasteiger partial charge is 0.494 e. The van der Waals surface area contributed by atoms with Gasteiger partial charge in [-0.05, 0) is 69.2 Å². The summed E-state index contributed by atoms with van der Waals surface area (Å²) in [5.74, 6) is -2.03. The number of amides is 3. The number of fused-ring (bicyclic) bond motifs is 2. The van der Waals surface area contributed by atoms with Crippen molar-refractivity contribution in [3.8, 4) is 5.75 Å². The summed E-state index contributed by atoms with van der Waals surface area (Å²) in [5, 5.41) is 9.97. The van der Waals surface area contributed by atoms with Crippen LogP contribution in [0.15, 0.2) is 66.8 Å². The number of aliphatic hydroxyl groups is 1. The Morgan fingerprint density at radius 2 is 1.64 bits per heavy atom. The molecule has 0 saturated carbocycles. The van der Waals surface area contributed by atoms with E-state index in [0.717, 1.165) is 16.8 Å². The molecule has 0 aromatic heterocycles. The van der Waals surface area contributed by atoms with Gasteiger partial charge in [-0.15, -0.1) is 0 Å². The average molecular weight is 572 g/mol. The lowest BCUT2D eigenvalue weighted by Gasteiger charge is -2.37. The number of likely N-dealkylation sites (tertiary alicyclic amines) is 1. The topological polar surface area (TPSA) is 99.6 Å². The summed E-state index contributed by atoms with van der Waals surface area (Å²) in [4.78, 5) is 48.0. The maximum Gasteiger partial charge on any atom is 0.253 e. The molecule has 4 heterocycles. The van der Waals surface area contributed by atoms with Crippen LogP contribution in [-0.2, 0) is 19.1 Å². The number of anilines is 2. The van der Waals surface area contributed by atoms with Gasteiger partial charge in [0.05, 0.1) is 30.7 Å². The van der Waals surface area contributed by atoms with E-state index < -0.39 is 29.1 Å². The van der Waals surface area contributed by atoms with Crippen molar-refractivity contribution in [3.05, 3.63) is 77.9 Å². The van der Waals surface area contributed by atoms with Crippen molar-refractivity contribution in [2.45, 2.75) is 44.9 Å². The fourth-order valence-corrected chi connectivity index (χ4v) is 7.22. The molecule has 0 radical (unpaired) electrons. The third-order valence-corrected chi connectivity index (χ3v) is 9.01. The van der Waals surface area contributed by atoms with E-state index in [1.165, 1.54) is 4.90 Å². The van der Waals surface area contributed by atoms with Crippen LogP contribution in [0.4, 0.5) is 11.4 Å². The summed E-state index contributed by atoms with van der Waals surface area (Å²) in [6.45, 7) is 8.44. The molecule has 1 unspecified atom stereocenters. The van der Waals surface area contributed by atoms with Crippen LogP contribution in [0, 0.1) is 25.7 Å². The molecule has 9 nitrogen and oxygen atoms in total. The molecular weight excluding hydrogens is 534 g/mol. The summed E-state index contributed by atoms with van der Waals surface area (Å²) >= 11 is 0. The second kappa shape index (κ2) is 10.4. The SMILES string of the molecule is CCOc1ccc(N2CC=C[C@@]3(C)O[C@]45C=CCN(c6cc(C)ccc6C)C(=O)C4N(CCO)C(=O)[C@@H]5[C@H]3C2=O)cc1. The number of rotatable bonds is 6. The molecular formula is C33H37N3O6. The van der Waals surface area contributed by atoms with E-state index in [1.807, 2.05) is 94.5 Å². The number of β-amino-alcohol motifs (C(OH)–C–C–N with tert-alkyl or cyclic N) is 1. The minimum absolute atomic E-state index is 0.0403. The number of hydrogen-bond acceptors (Lipinski definition) is 6. The molecule has 2 fully saturated rings. The number of nitrogens with zero attached hydrogens (tertiary/aromatic N) is 3. The first-order chi connectivity index (χ1) is 20.1. The van der Waals surface area contributed by atoms with Crippen molar-refractivity contribution in [1.29, 1.82) is 0 Å². The quantitative estimate of drug-likeness (QED) is 0.535. The van der Waals surface area contributed by atoms with E-state index in [4.69, 9.17) is 9.47 Å². The van der Waals surface area contributed by atoms with Crippen molar-refractivity contribution in [1.82, 2.24) is 4.90 Å². The Balaban J connectivity index is 1.43. The molecule has 2 aromatic rings. The minimum atomic E-state index is -1.38. The van der Waals surface area contributed by atoms with E-state index in [0.29, 0.717) is 31.1 Å². The molecule has 6 rings (SSSR count). The third-order valence-electron chi connectivity index (χ3n) is 9.01. The molecule has 5 atom stereocenters. The van der Waals surface area contributed by atoms with Gasteiger partial charge in [-0.25, -0.2) is 0 Å². The molecule has 2 aromatic carbocycles. The van der Waals surface area contributed by atoms with Crippen molar-refractivity contribution < 1.29 is 29.0 Å². The van der Waals surface area contributed by atoms with Gasteiger partial charge in [-0.1, -0.05) is 36.4 Å². The molecule has 1 spiro atoms. The normalized spacial score (nSPS) is 30.3. The molecule has 0 bridgehead atoms. The first-order valence-corrected chi connectivity index (χ1v) is 14.5. The number of aliphatic hydroxyl groups excluding tert-OH is 1. The van der Waals surface area contributed by atoms with Gasteiger partial charge in [0.25, 0.3) is 5.91 Å². The van der Waals surface area contributed by atoms with Crippen molar-refractivity contribution in [2.24, 2.45) is 11.8 Å². The maximum absolute atomic E-state index is 14.5. The van der Waals surface area contributed by atoms with Crippen molar-refractivity contribution in [3.63, 3.8) is 0 Å². The molecule has 220 valence electrons. The number of ether oxygens (including phenoxy) is 2. The summed E-state index contributed by atoms with van der Waals surface area (Å²) in [6.07, 6.45) is 7.45. The highest BCUT2D eigenvalue weighted by atomic mass is 16.5. The summed E-state index contributed by atoms with van der Waals surface area (Å²) < 4.78 is 12.4. The lowest BCUT2D eigenvalue weighted by Crippen LogP contribution is -2.56. The fourth-order valence-electron chi connectivity index (χ4n) is 7.22. The molecule has 42 heavy (non-hydrogen) atoms. The predicted octanol–water partition coefficient (Wildman–Crippen LogP) is 3.17. The molecule has 9 heteroatoms.